The Kier molecular flexibility index (Phi) is 5.46. The molecule has 0 radical (unpaired) electrons. The number of benzene rings is 1. The van der Waals surface area contributed by atoms with Crippen LogP contribution in [-0.2, 0) is 4.74 Å². The lowest BCUT2D eigenvalue weighted by molar-refractivity contribution is 0.0594. The standard InChI is InChI=1S/C15H22F2N2O/c1-2-19(10-11-5-4-8-20-11)14(9-18)12-6-3-7-13(16)15(12)17/h3,6-7,11,14H,2,4-5,8-10,18H2,1H3. The molecule has 1 saturated heterocycles. The molecule has 2 unspecified atom stereocenters. The largest absolute Gasteiger partial charge is 0.377 e. The maximum Gasteiger partial charge on any atom is 0.163 e. The number of rotatable bonds is 6. The van der Waals surface area contributed by atoms with Crippen molar-refractivity contribution in [3.63, 3.8) is 0 Å². The van der Waals surface area contributed by atoms with Gasteiger partial charge in [0.25, 0.3) is 0 Å². The molecule has 0 saturated carbocycles. The SMILES string of the molecule is CCN(CC1CCCO1)C(CN)c1cccc(F)c1F. The van der Waals surface area contributed by atoms with Gasteiger partial charge in [0.05, 0.1) is 12.1 Å². The first-order chi connectivity index (χ1) is 9.67. The Balaban J connectivity index is 2.17. The van der Waals surface area contributed by atoms with E-state index in [2.05, 4.69) is 4.90 Å². The minimum Gasteiger partial charge on any atom is -0.377 e. The summed E-state index contributed by atoms with van der Waals surface area (Å²) >= 11 is 0. The number of nitrogens with zero attached hydrogens (tertiary/aromatic N) is 1. The average molecular weight is 284 g/mol. The number of nitrogens with two attached hydrogens (primary N) is 1. The van der Waals surface area contributed by atoms with Gasteiger partial charge < -0.3 is 10.5 Å². The van der Waals surface area contributed by atoms with Crippen LogP contribution in [-0.4, -0.2) is 37.2 Å². The highest BCUT2D eigenvalue weighted by atomic mass is 19.2. The Hall–Kier alpha value is -1.04. The Bertz CT molecular complexity index is 436. The molecule has 2 rings (SSSR count). The molecular weight excluding hydrogens is 262 g/mol. The van der Waals surface area contributed by atoms with Crippen LogP contribution >= 0.6 is 0 Å². The molecule has 1 heterocycles. The summed E-state index contributed by atoms with van der Waals surface area (Å²) in [5, 5.41) is 0. The molecule has 1 aromatic rings. The zero-order chi connectivity index (χ0) is 14.5. The van der Waals surface area contributed by atoms with Crippen LogP contribution in [0.15, 0.2) is 18.2 Å². The zero-order valence-electron chi connectivity index (χ0n) is 11.8. The third kappa shape index (κ3) is 3.34. The summed E-state index contributed by atoms with van der Waals surface area (Å²) in [4.78, 5) is 2.06. The maximum absolute atomic E-state index is 14.0. The van der Waals surface area contributed by atoms with Gasteiger partial charge in [0.15, 0.2) is 11.6 Å². The van der Waals surface area contributed by atoms with Gasteiger partial charge in [-0.05, 0) is 25.5 Å². The summed E-state index contributed by atoms with van der Waals surface area (Å²) in [5.41, 5.74) is 6.13. The van der Waals surface area contributed by atoms with Gasteiger partial charge in [0.2, 0.25) is 0 Å². The molecule has 0 bridgehead atoms. The van der Waals surface area contributed by atoms with Gasteiger partial charge in [-0.25, -0.2) is 8.78 Å². The fourth-order valence-electron chi connectivity index (χ4n) is 2.78. The molecule has 20 heavy (non-hydrogen) atoms. The van der Waals surface area contributed by atoms with E-state index < -0.39 is 11.6 Å². The van der Waals surface area contributed by atoms with Crippen molar-refractivity contribution in [2.45, 2.75) is 31.9 Å². The first-order valence-corrected chi connectivity index (χ1v) is 7.17. The minimum atomic E-state index is -0.825. The molecule has 2 N–H and O–H groups in total. The van der Waals surface area contributed by atoms with Crippen molar-refractivity contribution in [3.05, 3.63) is 35.4 Å². The van der Waals surface area contributed by atoms with Crippen LogP contribution in [0.3, 0.4) is 0 Å². The first-order valence-electron chi connectivity index (χ1n) is 7.17. The van der Waals surface area contributed by atoms with E-state index >= 15 is 0 Å². The fraction of sp³-hybridized carbons (Fsp3) is 0.600. The smallest absolute Gasteiger partial charge is 0.163 e. The predicted octanol–water partition coefficient (Wildman–Crippen LogP) is 2.47. The summed E-state index contributed by atoms with van der Waals surface area (Å²) in [6.07, 6.45) is 2.24. The molecule has 2 atom stereocenters. The van der Waals surface area contributed by atoms with Crippen LogP contribution in [0.4, 0.5) is 8.78 Å². The summed E-state index contributed by atoms with van der Waals surface area (Å²) in [7, 11) is 0. The Morgan fingerprint density at radius 1 is 1.45 bits per heavy atom. The lowest BCUT2D eigenvalue weighted by Crippen LogP contribution is -2.39. The van der Waals surface area contributed by atoms with Crippen molar-refractivity contribution in [3.8, 4) is 0 Å². The Morgan fingerprint density at radius 3 is 2.85 bits per heavy atom. The summed E-state index contributed by atoms with van der Waals surface area (Å²) < 4.78 is 33.0. The first kappa shape index (κ1) is 15.4. The van der Waals surface area contributed by atoms with Crippen molar-refractivity contribution in [1.82, 2.24) is 4.90 Å². The van der Waals surface area contributed by atoms with Gasteiger partial charge in [-0.3, -0.25) is 4.90 Å². The summed E-state index contributed by atoms with van der Waals surface area (Å²) in [6.45, 7) is 4.45. The van der Waals surface area contributed by atoms with E-state index in [0.717, 1.165) is 32.1 Å². The van der Waals surface area contributed by atoms with E-state index in [0.29, 0.717) is 12.1 Å². The molecule has 1 aliphatic rings. The van der Waals surface area contributed by atoms with E-state index in [9.17, 15) is 8.78 Å². The van der Waals surface area contributed by atoms with Crippen LogP contribution in [0.1, 0.15) is 31.4 Å². The Morgan fingerprint density at radius 2 is 2.25 bits per heavy atom. The minimum absolute atomic E-state index is 0.167. The molecule has 112 valence electrons. The molecule has 1 aliphatic heterocycles. The molecule has 5 heteroatoms. The van der Waals surface area contributed by atoms with Gasteiger partial charge in [-0.15, -0.1) is 0 Å². The number of halogens is 2. The third-order valence-corrected chi connectivity index (χ3v) is 3.87. The van der Waals surface area contributed by atoms with Crippen LogP contribution < -0.4 is 5.73 Å². The molecule has 0 spiro atoms. The molecular formula is C15H22F2N2O. The van der Waals surface area contributed by atoms with Crippen LogP contribution in [0.2, 0.25) is 0 Å². The van der Waals surface area contributed by atoms with Crippen molar-refractivity contribution in [1.29, 1.82) is 0 Å². The average Bonchev–Trinajstić information content (AvgIpc) is 2.96. The quantitative estimate of drug-likeness (QED) is 0.872. The van der Waals surface area contributed by atoms with Gasteiger partial charge in [-0.2, -0.15) is 0 Å². The van der Waals surface area contributed by atoms with Crippen LogP contribution in [0, 0.1) is 11.6 Å². The molecule has 0 aromatic heterocycles. The maximum atomic E-state index is 14.0. The monoisotopic (exact) mass is 284 g/mol. The number of hydrogen-bond acceptors (Lipinski definition) is 3. The van der Waals surface area contributed by atoms with Gasteiger partial charge >= 0.3 is 0 Å². The summed E-state index contributed by atoms with van der Waals surface area (Å²) in [5.74, 6) is -1.62. The third-order valence-electron chi connectivity index (χ3n) is 3.87. The Labute approximate surface area is 118 Å². The van der Waals surface area contributed by atoms with Gasteiger partial charge in [0.1, 0.15) is 0 Å². The van der Waals surface area contributed by atoms with Crippen molar-refractivity contribution in [2.75, 3.05) is 26.2 Å². The molecule has 3 nitrogen and oxygen atoms in total. The highest BCUT2D eigenvalue weighted by Gasteiger charge is 2.26. The molecule has 0 amide bonds. The lowest BCUT2D eigenvalue weighted by atomic mass is 10.0. The van der Waals surface area contributed by atoms with Crippen molar-refractivity contribution < 1.29 is 13.5 Å². The second-order valence-electron chi connectivity index (χ2n) is 5.12. The van der Waals surface area contributed by atoms with Crippen molar-refractivity contribution >= 4 is 0 Å². The van der Waals surface area contributed by atoms with E-state index in [1.54, 1.807) is 6.07 Å². The fourth-order valence-corrected chi connectivity index (χ4v) is 2.78. The highest BCUT2D eigenvalue weighted by Crippen LogP contribution is 2.25. The van der Waals surface area contributed by atoms with Gasteiger partial charge in [-0.1, -0.05) is 19.1 Å². The van der Waals surface area contributed by atoms with E-state index in [1.165, 1.54) is 6.07 Å². The van der Waals surface area contributed by atoms with E-state index in [-0.39, 0.29) is 18.7 Å². The van der Waals surface area contributed by atoms with E-state index in [4.69, 9.17) is 10.5 Å². The second kappa shape index (κ2) is 7.11. The van der Waals surface area contributed by atoms with Crippen molar-refractivity contribution in [2.24, 2.45) is 5.73 Å². The zero-order valence-corrected chi connectivity index (χ0v) is 11.8. The summed E-state index contributed by atoms with van der Waals surface area (Å²) in [6, 6.07) is 3.94. The van der Waals surface area contributed by atoms with Crippen LogP contribution in [0.5, 0.6) is 0 Å². The normalized spacial score (nSPS) is 20.6. The number of likely N-dealkylation sites (N-methyl/N-ethyl adjacent to an activating group) is 1. The number of ether oxygens (including phenoxy) is 1. The second-order valence-corrected chi connectivity index (χ2v) is 5.12. The highest BCUT2D eigenvalue weighted by molar-refractivity contribution is 5.23. The van der Waals surface area contributed by atoms with Crippen LogP contribution in [0.25, 0.3) is 0 Å². The predicted molar refractivity (Wildman–Crippen MR) is 74.4 cm³/mol. The molecule has 1 aromatic carbocycles. The van der Waals surface area contributed by atoms with Gasteiger partial charge in [0, 0.05) is 25.3 Å². The van der Waals surface area contributed by atoms with E-state index in [1.807, 2.05) is 6.92 Å². The topological polar surface area (TPSA) is 38.5 Å². The molecule has 0 aliphatic carbocycles. The lowest BCUT2D eigenvalue weighted by Gasteiger charge is -2.32. The number of hydrogen-bond donors (Lipinski definition) is 1. The molecule has 1 fully saturated rings.